The number of benzene rings is 2. The van der Waals surface area contributed by atoms with Gasteiger partial charge in [-0.25, -0.2) is 22.5 Å². The largest absolute Gasteiger partial charge is 0.366 e. The number of aromatic nitrogens is 3. The highest BCUT2D eigenvalue weighted by molar-refractivity contribution is 7.91. The summed E-state index contributed by atoms with van der Waals surface area (Å²) in [6.45, 7) is 5.78. The van der Waals surface area contributed by atoms with E-state index >= 15 is 0 Å². The molecule has 202 valence electrons. The molecular weight excluding hydrogens is 517 g/mol. The second kappa shape index (κ2) is 9.75. The van der Waals surface area contributed by atoms with Crippen molar-refractivity contribution in [1.29, 1.82) is 0 Å². The van der Waals surface area contributed by atoms with Crippen molar-refractivity contribution < 1.29 is 17.6 Å². The maximum Gasteiger partial charge on any atom is 0.254 e. The summed E-state index contributed by atoms with van der Waals surface area (Å²) in [6, 6.07) is 16.1. The van der Waals surface area contributed by atoms with Crippen molar-refractivity contribution in [3.8, 4) is 11.3 Å². The first-order chi connectivity index (χ1) is 18.7. The summed E-state index contributed by atoms with van der Waals surface area (Å²) in [5, 5.41) is 5.35. The van der Waals surface area contributed by atoms with E-state index in [9.17, 15) is 17.6 Å². The van der Waals surface area contributed by atoms with Crippen molar-refractivity contribution in [3.63, 3.8) is 0 Å². The highest BCUT2D eigenvalue weighted by Gasteiger charge is 2.33. The van der Waals surface area contributed by atoms with Gasteiger partial charge in [0.25, 0.3) is 5.91 Å². The fourth-order valence-electron chi connectivity index (χ4n) is 5.61. The van der Waals surface area contributed by atoms with Crippen LogP contribution in [-0.2, 0) is 9.84 Å². The van der Waals surface area contributed by atoms with Crippen LogP contribution in [0.2, 0.25) is 0 Å². The van der Waals surface area contributed by atoms with Crippen LogP contribution in [0.25, 0.3) is 22.3 Å². The molecule has 0 spiro atoms. The third kappa shape index (κ3) is 4.78. The number of halogens is 1. The Kier molecular flexibility index (Phi) is 6.37. The number of fused-ring (bicyclic) bond motifs is 1. The maximum atomic E-state index is 14.3. The molecule has 2 saturated heterocycles. The lowest BCUT2D eigenvalue weighted by molar-refractivity contribution is 0.0748. The first kappa shape index (κ1) is 25.5. The zero-order valence-electron chi connectivity index (χ0n) is 22.0. The Balaban J connectivity index is 1.39. The number of amides is 1. The Labute approximate surface area is 227 Å². The van der Waals surface area contributed by atoms with Gasteiger partial charge in [-0.3, -0.25) is 4.79 Å². The molecule has 1 amide bonds. The van der Waals surface area contributed by atoms with Crippen molar-refractivity contribution >= 4 is 32.5 Å². The minimum absolute atomic E-state index is 0.0148. The molecule has 1 atom stereocenters. The third-order valence-corrected chi connectivity index (χ3v) is 9.48. The number of para-hydroxylation sites is 1. The first-order valence-electron chi connectivity index (χ1n) is 13.2. The number of sulfone groups is 1. The summed E-state index contributed by atoms with van der Waals surface area (Å²) in [5.74, 6) is -0.271. The van der Waals surface area contributed by atoms with E-state index in [0.29, 0.717) is 66.3 Å². The van der Waals surface area contributed by atoms with Crippen LogP contribution in [0.3, 0.4) is 0 Å². The molecule has 2 aliphatic heterocycles. The average Bonchev–Trinajstić information content (AvgIpc) is 3.47. The van der Waals surface area contributed by atoms with Crippen LogP contribution in [0, 0.1) is 19.7 Å². The highest BCUT2D eigenvalue weighted by atomic mass is 32.2. The number of hydrogen-bond acceptors (Lipinski definition) is 6. The van der Waals surface area contributed by atoms with Gasteiger partial charge < -0.3 is 9.80 Å². The summed E-state index contributed by atoms with van der Waals surface area (Å²) in [7, 11) is -3.14. The number of anilines is 1. The van der Waals surface area contributed by atoms with Crippen molar-refractivity contribution in [3.05, 3.63) is 77.2 Å². The molecule has 0 bridgehead atoms. The smallest absolute Gasteiger partial charge is 0.254 e. The van der Waals surface area contributed by atoms with E-state index in [-0.39, 0.29) is 29.3 Å². The van der Waals surface area contributed by atoms with Crippen LogP contribution >= 0.6 is 0 Å². The zero-order valence-corrected chi connectivity index (χ0v) is 22.8. The van der Waals surface area contributed by atoms with E-state index < -0.39 is 9.84 Å². The van der Waals surface area contributed by atoms with Gasteiger partial charge in [-0.2, -0.15) is 5.10 Å². The lowest BCUT2D eigenvalue weighted by Crippen LogP contribution is -2.49. The van der Waals surface area contributed by atoms with E-state index in [1.807, 2.05) is 55.1 Å². The van der Waals surface area contributed by atoms with E-state index in [1.54, 1.807) is 21.7 Å². The molecule has 2 fully saturated rings. The number of aryl methyl sites for hydroxylation is 2. The van der Waals surface area contributed by atoms with Crippen LogP contribution in [0.5, 0.6) is 0 Å². The lowest BCUT2D eigenvalue weighted by Gasteiger charge is -2.36. The van der Waals surface area contributed by atoms with Gasteiger partial charge in [0, 0.05) is 31.7 Å². The molecule has 0 aliphatic carbocycles. The van der Waals surface area contributed by atoms with E-state index in [2.05, 4.69) is 0 Å². The van der Waals surface area contributed by atoms with Crippen molar-refractivity contribution in [1.82, 2.24) is 19.7 Å². The summed E-state index contributed by atoms with van der Waals surface area (Å²) < 4.78 is 40.6. The number of pyridine rings is 1. The lowest BCUT2D eigenvalue weighted by atomic mass is 10.0. The summed E-state index contributed by atoms with van der Waals surface area (Å²) >= 11 is 0. The molecule has 6 rings (SSSR count). The van der Waals surface area contributed by atoms with E-state index in [0.717, 1.165) is 11.1 Å². The molecule has 8 nitrogen and oxygen atoms in total. The van der Waals surface area contributed by atoms with Gasteiger partial charge >= 0.3 is 0 Å². The van der Waals surface area contributed by atoms with Crippen molar-refractivity contribution in [2.45, 2.75) is 26.3 Å². The molecule has 2 aliphatic rings. The molecule has 0 N–H and O–H groups in total. The minimum Gasteiger partial charge on any atom is -0.366 e. The number of rotatable bonds is 4. The van der Waals surface area contributed by atoms with Gasteiger partial charge in [0.15, 0.2) is 15.5 Å². The minimum atomic E-state index is -3.14. The SMILES string of the molecule is Cc1ccc(-c2cc(C(=O)N3CCN(c4ccccc4F)CC3)c3c(C)nn(C4CCS(=O)(=O)C4)c3n2)cc1. The highest BCUT2D eigenvalue weighted by Crippen LogP contribution is 2.33. The Morgan fingerprint density at radius 1 is 1.00 bits per heavy atom. The molecule has 0 saturated carbocycles. The van der Waals surface area contributed by atoms with Crippen molar-refractivity contribution in [2.75, 3.05) is 42.6 Å². The number of piperazine rings is 1. The second-order valence-corrected chi connectivity index (χ2v) is 12.7. The Morgan fingerprint density at radius 2 is 1.72 bits per heavy atom. The average molecular weight is 548 g/mol. The normalized spacial score (nSPS) is 19.1. The maximum absolute atomic E-state index is 14.3. The van der Waals surface area contributed by atoms with Crippen LogP contribution in [-0.4, -0.2) is 71.7 Å². The Bertz CT molecular complexity index is 1680. The van der Waals surface area contributed by atoms with Crippen molar-refractivity contribution in [2.24, 2.45) is 0 Å². The molecule has 2 aromatic carbocycles. The second-order valence-electron chi connectivity index (χ2n) is 10.4. The van der Waals surface area contributed by atoms with Gasteiger partial charge in [0.1, 0.15) is 5.82 Å². The fraction of sp³-hybridized carbons (Fsp3) is 0.345. The predicted octanol–water partition coefficient (Wildman–Crippen LogP) is 4.18. The molecular formula is C29H30FN5O3S. The Hall–Kier alpha value is -3.79. The quantitative estimate of drug-likeness (QED) is 0.381. The molecule has 0 radical (unpaired) electrons. The number of hydrogen-bond donors (Lipinski definition) is 0. The standard InChI is InChI=1S/C29H30FN5O3S/c1-19-7-9-21(10-8-19)25-17-23(27-20(2)32-35(28(27)31-25)22-11-16-39(37,38)18-22)29(36)34-14-12-33(13-15-34)26-6-4-3-5-24(26)30/h3-10,17,22H,11-16,18H2,1-2H3. The monoisotopic (exact) mass is 547 g/mol. The summed E-state index contributed by atoms with van der Waals surface area (Å²) in [4.78, 5) is 22.7. The molecule has 2 aromatic heterocycles. The molecule has 4 aromatic rings. The summed E-state index contributed by atoms with van der Waals surface area (Å²) in [5.41, 5.74) is 4.83. The fourth-order valence-corrected chi connectivity index (χ4v) is 7.30. The first-order valence-corrected chi connectivity index (χ1v) is 15.0. The zero-order chi connectivity index (χ0) is 27.3. The van der Waals surface area contributed by atoms with E-state index in [4.69, 9.17) is 10.1 Å². The van der Waals surface area contributed by atoms with Gasteiger partial charge in [-0.05, 0) is 38.5 Å². The topological polar surface area (TPSA) is 88.4 Å². The van der Waals surface area contributed by atoms with Crippen LogP contribution in [0.4, 0.5) is 10.1 Å². The number of nitrogens with zero attached hydrogens (tertiary/aromatic N) is 5. The summed E-state index contributed by atoms with van der Waals surface area (Å²) in [6.07, 6.45) is 0.469. The van der Waals surface area contributed by atoms with Crippen LogP contribution in [0.15, 0.2) is 54.6 Å². The third-order valence-electron chi connectivity index (χ3n) is 7.73. The molecule has 1 unspecified atom stereocenters. The number of carbonyl (C=O) groups is 1. The van der Waals surface area contributed by atoms with E-state index in [1.165, 1.54) is 6.07 Å². The molecule has 4 heterocycles. The number of carbonyl (C=O) groups excluding carboxylic acids is 1. The van der Waals surface area contributed by atoms with Gasteiger partial charge in [0.2, 0.25) is 0 Å². The van der Waals surface area contributed by atoms with Crippen LogP contribution in [0.1, 0.15) is 34.1 Å². The molecule has 39 heavy (non-hydrogen) atoms. The van der Waals surface area contributed by atoms with Gasteiger partial charge in [-0.15, -0.1) is 0 Å². The molecule has 10 heteroatoms. The predicted molar refractivity (Wildman–Crippen MR) is 149 cm³/mol. The van der Waals surface area contributed by atoms with Gasteiger partial charge in [-0.1, -0.05) is 42.0 Å². The Morgan fingerprint density at radius 3 is 2.38 bits per heavy atom. The van der Waals surface area contributed by atoms with Gasteiger partial charge in [0.05, 0.1) is 45.6 Å². The van der Waals surface area contributed by atoms with Crippen LogP contribution < -0.4 is 4.90 Å².